The highest BCUT2D eigenvalue weighted by atomic mass is 19.1. The Labute approximate surface area is 198 Å². The maximum atomic E-state index is 14.7. The van der Waals surface area contributed by atoms with Crippen LogP contribution in [-0.4, -0.2) is 16.9 Å². The number of anilines is 2. The van der Waals surface area contributed by atoms with Gasteiger partial charge in [-0.15, -0.1) is 0 Å². The van der Waals surface area contributed by atoms with Gasteiger partial charge in [-0.3, -0.25) is 14.4 Å². The summed E-state index contributed by atoms with van der Waals surface area (Å²) in [5, 5.41) is 13.9. The molecule has 0 aliphatic rings. The summed E-state index contributed by atoms with van der Waals surface area (Å²) < 4.78 is 49.5. The molecule has 3 aromatic rings. The number of phenols is 1. The van der Waals surface area contributed by atoms with Crippen molar-refractivity contribution >= 4 is 34.2 Å². The van der Waals surface area contributed by atoms with Gasteiger partial charge in [-0.1, -0.05) is 41.5 Å². The van der Waals surface area contributed by atoms with Crippen LogP contribution in [0.2, 0.25) is 0 Å². The minimum absolute atomic E-state index is 0.0127. The number of nitrogens with one attached hydrogen (secondary N) is 2. The number of phenolic OH excluding ortho intramolecular Hbond substituents is 1. The molecule has 35 heavy (non-hydrogen) atoms. The Balaban J connectivity index is 2.15. The van der Waals surface area contributed by atoms with Crippen LogP contribution in [0.25, 0.3) is 22.3 Å². The minimum atomic E-state index is -1.56. The Morgan fingerprint density at radius 2 is 1.46 bits per heavy atom. The van der Waals surface area contributed by atoms with Crippen LogP contribution in [0.15, 0.2) is 33.5 Å². The van der Waals surface area contributed by atoms with Crippen molar-refractivity contribution < 1.29 is 32.3 Å². The SMILES string of the molecule is CC(C)(C)C(=O)Nc1ccc(-c2cc(=O)c3c(NC(=O)C(C)(C)C)c(F)c(O)c(F)c3o2)cc1F. The molecular formula is C25H25F3N2O5. The Kier molecular flexibility index (Phi) is 6.45. The van der Waals surface area contributed by atoms with Crippen LogP contribution in [0, 0.1) is 28.3 Å². The molecule has 3 N–H and O–H groups in total. The van der Waals surface area contributed by atoms with Crippen molar-refractivity contribution in [3.05, 3.63) is 51.9 Å². The number of carbonyl (C=O) groups is 2. The number of aromatic hydroxyl groups is 1. The first-order valence-electron chi connectivity index (χ1n) is 10.6. The maximum Gasteiger partial charge on any atom is 0.229 e. The topological polar surface area (TPSA) is 109 Å². The number of hydrogen-bond donors (Lipinski definition) is 3. The molecule has 0 saturated heterocycles. The van der Waals surface area contributed by atoms with Crippen LogP contribution in [0.5, 0.6) is 5.75 Å². The lowest BCUT2D eigenvalue weighted by atomic mass is 9.95. The van der Waals surface area contributed by atoms with E-state index >= 15 is 0 Å². The highest BCUT2D eigenvalue weighted by Gasteiger charge is 2.29. The van der Waals surface area contributed by atoms with Crippen molar-refractivity contribution in [3.63, 3.8) is 0 Å². The second kappa shape index (κ2) is 8.75. The third-order valence-electron chi connectivity index (χ3n) is 5.14. The molecule has 0 radical (unpaired) electrons. The van der Waals surface area contributed by atoms with Crippen LogP contribution in [0.3, 0.4) is 0 Å². The summed E-state index contributed by atoms with van der Waals surface area (Å²) in [4.78, 5) is 37.4. The monoisotopic (exact) mass is 490 g/mol. The molecule has 2 aromatic carbocycles. The fourth-order valence-electron chi connectivity index (χ4n) is 2.96. The van der Waals surface area contributed by atoms with E-state index in [0.29, 0.717) is 0 Å². The first kappa shape index (κ1) is 25.8. The van der Waals surface area contributed by atoms with E-state index in [0.717, 1.165) is 12.1 Å². The molecule has 1 heterocycles. The number of rotatable bonds is 3. The van der Waals surface area contributed by atoms with Gasteiger partial charge in [-0.2, -0.15) is 4.39 Å². The molecule has 0 aliphatic heterocycles. The van der Waals surface area contributed by atoms with E-state index < -0.39 is 67.9 Å². The highest BCUT2D eigenvalue weighted by Crippen LogP contribution is 2.37. The Morgan fingerprint density at radius 3 is 2.00 bits per heavy atom. The molecule has 0 saturated carbocycles. The van der Waals surface area contributed by atoms with Crippen LogP contribution in [-0.2, 0) is 9.59 Å². The summed E-state index contributed by atoms with van der Waals surface area (Å²) in [6.45, 7) is 9.58. The van der Waals surface area contributed by atoms with Gasteiger partial charge < -0.3 is 20.2 Å². The average molecular weight is 490 g/mol. The molecule has 0 aliphatic carbocycles. The quantitative estimate of drug-likeness (QED) is 0.446. The largest absolute Gasteiger partial charge is 0.503 e. The van der Waals surface area contributed by atoms with Crippen molar-refractivity contribution in [2.45, 2.75) is 41.5 Å². The number of carbonyl (C=O) groups excluding carboxylic acids is 2. The fraction of sp³-hybridized carbons (Fsp3) is 0.320. The van der Waals surface area contributed by atoms with Crippen molar-refractivity contribution in [1.29, 1.82) is 0 Å². The molecule has 0 bridgehead atoms. The average Bonchev–Trinajstić information content (AvgIpc) is 2.74. The number of amides is 2. The zero-order valence-corrected chi connectivity index (χ0v) is 20.0. The van der Waals surface area contributed by atoms with Crippen LogP contribution in [0.4, 0.5) is 24.5 Å². The van der Waals surface area contributed by atoms with Gasteiger partial charge in [0.25, 0.3) is 0 Å². The highest BCUT2D eigenvalue weighted by molar-refractivity contribution is 6.03. The lowest BCUT2D eigenvalue weighted by Gasteiger charge is -2.19. The molecule has 7 nitrogen and oxygen atoms in total. The lowest BCUT2D eigenvalue weighted by Crippen LogP contribution is -2.28. The van der Waals surface area contributed by atoms with E-state index in [4.69, 9.17) is 4.42 Å². The van der Waals surface area contributed by atoms with Crippen molar-refractivity contribution in [1.82, 2.24) is 0 Å². The van der Waals surface area contributed by atoms with Crippen LogP contribution < -0.4 is 16.1 Å². The van der Waals surface area contributed by atoms with E-state index in [1.54, 1.807) is 20.8 Å². The van der Waals surface area contributed by atoms with Crippen LogP contribution >= 0.6 is 0 Å². The second-order valence-electron chi connectivity index (χ2n) is 10.1. The fourth-order valence-corrected chi connectivity index (χ4v) is 2.96. The number of hydrogen-bond acceptors (Lipinski definition) is 5. The summed E-state index contributed by atoms with van der Waals surface area (Å²) >= 11 is 0. The van der Waals surface area contributed by atoms with Gasteiger partial charge in [0.05, 0.1) is 16.8 Å². The molecule has 1 aromatic heterocycles. The molecular weight excluding hydrogens is 465 g/mol. The maximum absolute atomic E-state index is 14.7. The predicted molar refractivity (Wildman–Crippen MR) is 126 cm³/mol. The Morgan fingerprint density at radius 1 is 0.886 bits per heavy atom. The van der Waals surface area contributed by atoms with E-state index in [1.165, 1.54) is 32.9 Å². The van der Waals surface area contributed by atoms with Gasteiger partial charge in [0.2, 0.25) is 17.6 Å². The zero-order valence-electron chi connectivity index (χ0n) is 20.0. The number of fused-ring (bicyclic) bond motifs is 1. The number of halogens is 3. The molecule has 186 valence electrons. The van der Waals surface area contributed by atoms with Crippen molar-refractivity contribution in [2.75, 3.05) is 10.6 Å². The lowest BCUT2D eigenvalue weighted by molar-refractivity contribution is -0.123. The zero-order chi connectivity index (χ0) is 26.5. The van der Waals surface area contributed by atoms with E-state index in [2.05, 4.69) is 10.6 Å². The van der Waals surface area contributed by atoms with Crippen LogP contribution in [0.1, 0.15) is 41.5 Å². The van der Waals surface area contributed by atoms with Gasteiger partial charge in [0, 0.05) is 22.5 Å². The Bertz CT molecular complexity index is 1420. The summed E-state index contributed by atoms with van der Waals surface area (Å²) in [5.74, 6) is -6.78. The first-order chi connectivity index (χ1) is 16.0. The summed E-state index contributed by atoms with van der Waals surface area (Å²) in [6, 6.07) is 4.42. The van der Waals surface area contributed by atoms with Gasteiger partial charge in [0.15, 0.2) is 22.6 Å². The van der Waals surface area contributed by atoms with Gasteiger partial charge in [-0.05, 0) is 18.2 Å². The van der Waals surface area contributed by atoms with Gasteiger partial charge in [0.1, 0.15) is 11.6 Å². The molecule has 0 spiro atoms. The van der Waals surface area contributed by atoms with E-state index in [1.807, 2.05) is 0 Å². The Hall–Kier alpha value is -3.82. The summed E-state index contributed by atoms with van der Waals surface area (Å²) in [5.41, 5.74) is -4.36. The third-order valence-corrected chi connectivity index (χ3v) is 5.14. The van der Waals surface area contributed by atoms with E-state index in [-0.39, 0.29) is 17.0 Å². The summed E-state index contributed by atoms with van der Waals surface area (Å²) in [6.07, 6.45) is 0. The van der Waals surface area contributed by atoms with Crippen molar-refractivity contribution in [3.8, 4) is 17.1 Å². The summed E-state index contributed by atoms with van der Waals surface area (Å²) in [7, 11) is 0. The third kappa shape index (κ3) is 5.01. The minimum Gasteiger partial charge on any atom is -0.503 e. The smallest absolute Gasteiger partial charge is 0.229 e. The predicted octanol–water partition coefficient (Wildman–Crippen LogP) is 5.55. The molecule has 10 heteroatoms. The van der Waals surface area contributed by atoms with Gasteiger partial charge in [-0.25, -0.2) is 8.78 Å². The van der Waals surface area contributed by atoms with Crippen molar-refractivity contribution in [2.24, 2.45) is 10.8 Å². The normalized spacial score (nSPS) is 12.0. The second-order valence-corrected chi connectivity index (χ2v) is 10.1. The molecule has 0 atom stereocenters. The standard InChI is InChI=1S/C25H25F3N2O5/c1-24(2,3)22(33)29-13-8-7-11(9-12(13)26)15-10-14(31)16-19(30-23(34)25(4,5)6)17(27)20(32)18(28)21(16)35-15/h7-10,32H,1-6H3,(H,29,33)(H,30,34). The molecule has 2 amide bonds. The van der Waals surface area contributed by atoms with E-state index in [9.17, 15) is 32.7 Å². The first-order valence-corrected chi connectivity index (χ1v) is 10.6. The number of benzene rings is 2. The molecule has 0 unspecified atom stereocenters. The van der Waals surface area contributed by atoms with Gasteiger partial charge >= 0.3 is 0 Å². The molecule has 3 rings (SSSR count). The molecule has 0 fully saturated rings.